The molecule has 1 aliphatic rings. The van der Waals surface area contributed by atoms with Crippen LogP contribution < -0.4 is 4.74 Å². The van der Waals surface area contributed by atoms with Crippen LogP contribution in [0.5, 0.6) is 5.75 Å². The molecule has 3 aromatic carbocycles. The molecule has 1 aliphatic heterocycles. The zero-order valence-corrected chi connectivity index (χ0v) is 23.0. The topological polar surface area (TPSA) is 68.2 Å². The summed E-state index contributed by atoms with van der Waals surface area (Å²) >= 11 is 16.8. The first-order valence-corrected chi connectivity index (χ1v) is 12.9. The Morgan fingerprint density at radius 2 is 1.92 bits per heavy atom. The minimum absolute atomic E-state index is 0.168. The Morgan fingerprint density at radius 3 is 2.64 bits per heavy atom. The summed E-state index contributed by atoms with van der Waals surface area (Å²) in [6.45, 7) is 0.325. The lowest BCUT2D eigenvalue weighted by Crippen LogP contribution is -2.23. The van der Waals surface area contributed by atoms with Gasteiger partial charge in [-0.2, -0.15) is 0 Å². The molecule has 0 spiro atoms. The molecule has 184 valence electrons. The van der Waals surface area contributed by atoms with Crippen molar-refractivity contribution in [3.05, 3.63) is 96.8 Å². The van der Waals surface area contributed by atoms with Gasteiger partial charge >= 0.3 is 5.97 Å². The fourth-order valence-corrected chi connectivity index (χ4v) is 5.07. The van der Waals surface area contributed by atoms with E-state index in [1.54, 1.807) is 49.5 Å². The fourth-order valence-electron chi connectivity index (χ4n) is 3.25. The van der Waals surface area contributed by atoms with Crippen molar-refractivity contribution in [2.75, 3.05) is 14.2 Å². The number of thioether (sulfide) groups is 1. The SMILES string of the molecule is COC(=O)c1cccc(N=C2SC(=Cc3ccc(OCc4ccc(Cl)c(Cl)c4)c(Br)c3)C(=O)N2C)c1. The lowest BCUT2D eigenvalue weighted by molar-refractivity contribution is -0.121. The van der Waals surface area contributed by atoms with Crippen LogP contribution in [-0.4, -0.2) is 36.1 Å². The minimum Gasteiger partial charge on any atom is -0.488 e. The van der Waals surface area contributed by atoms with Gasteiger partial charge in [0.15, 0.2) is 5.17 Å². The Kier molecular flexibility index (Phi) is 8.41. The molecular weight excluding hydrogens is 587 g/mol. The lowest BCUT2D eigenvalue weighted by Gasteiger charge is -2.10. The van der Waals surface area contributed by atoms with E-state index in [4.69, 9.17) is 32.7 Å². The summed E-state index contributed by atoms with van der Waals surface area (Å²) in [5.41, 5.74) is 2.65. The van der Waals surface area contributed by atoms with Gasteiger partial charge in [0, 0.05) is 7.05 Å². The monoisotopic (exact) mass is 604 g/mol. The van der Waals surface area contributed by atoms with Gasteiger partial charge < -0.3 is 9.47 Å². The molecule has 3 aromatic rings. The summed E-state index contributed by atoms with van der Waals surface area (Å²) in [4.78, 5) is 31.2. The molecule has 0 atom stereocenters. The Morgan fingerprint density at radius 1 is 1.11 bits per heavy atom. The van der Waals surface area contributed by atoms with Crippen molar-refractivity contribution in [2.24, 2.45) is 4.99 Å². The van der Waals surface area contributed by atoms with Crippen molar-refractivity contribution in [1.82, 2.24) is 4.90 Å². The highest BCUT2D eigenvalue weighted by Crippen LogP contribution is 2.35. The first-order valence-electron chi connectivity index (χ1n) is 10.6. The number of hydrogen-bond donors (Lipinski definition) is 0. The maximum Gasteiger partial charge on any atom is 0.337 e. The molecule has 0 unspecified atom stereocenters. The van der Waals surface area contributed by atoms with Crippen molar-refractivity contribution in [1.29, 1.82) is 0 Å². The summed E-state index contributed by atoms with van der Waals surface area (Å²) in [5.74, 6) is 0.0357. The van der Waals surface area contributed by atoms with E-state index in [2.05, 4.69) is 20.9 Å². The average Bonchev–Trinajstić information content (AvgIpc) is 3.12. The second-order valence-corrected chi connectivity index (χ2v) is 10.3. The number of hydrogen-bond acceptors (Lipinski definition) is 6. The molecule has 0 saturated carbocycles. The largest absolute Gasteiger partial charge is 0.488 e. The van der Waals surface area contributed by atoms with E-state index in [0.717, 1.165) is 15.6 Å². The van der Waals surface area contributed by atoms with E-state index in [0.29, 0.717) is 43.7 Å². The predicted octanol–water partition coefficient (Wildman–Crippen LogP) is 7.36. The van der Waals surface area contributed by atoms with Gasteiger partial charge in [0.05, 0.1) is 37.8 Å². The first-order chi connectivity index (χ1) is 17.2. The third-order valence-corrected chi connectivity index (χ3v) is 7.55. The molecular formula is C26H19BrCl2N2O4S. The Labute approximate surface area is 231 Å². The number of carbonyl (C=O) groups excluding carboxylic acids is 2. The summed E-state index contributed by atoms with van der Waals surface area (Å²) in [7, 11) is 2.99. The van der Waals surface area contributed by atoms with Crippen molar-refractivity contribution in [3.63, 3.8) is 0 Å². The maximum atomic E-state index is 12.8. The van der Waals surface area contributed by atoms with Crippen LogP contribution in [0.3, 0.4) is 0 Å². The van der Waals surface area contributed by atoms with Gasteiger partial charge in [0.25, 0.3) is 5.91 Å². The third kappa shape index (κ3) is 6.13. The summed E-state index contributed by atoms with van der Waals surface area (Å²) in [6.07, 6.45) is 1.80. The molecule has 1 amide bonds. The van der Waals surface area contributed by atoms with Crippen LogP contribution in [0.2, 0.25) is 10.0 Å². The van der Waals surface area contributed by atoms with Crippen LogP contribution in [0, 0.1) is 0 Å². The molecule has 1 saturated heterocycles. The predicted molar refractivity (Wildman–Crippen MR) is 148 cm³/mol. The van der Waals surface area contributed by atoms with Crippen LogP contribution in [0.4, 0.5) is 5.69 Å². The van der Waals surface area contributed by atoms with E-state index in [-0.39, 0.29) is 5.91 Å². The number of benzene rings is 3. The van der Waals surface area contributed by atoms with Gasteiger partial charge in [0.1, 0.15) is 12.4 Å². The zero-order valence-electron chi connectivity index (χ0n) is 19.1. The highest BCUT2D eigenvalue weighted by Gasteiger charge is 2.30. The van der Waals surface area contributed by atoms with Crippen molar-refractivity contribution < 1.29 is 19.1 Å². The Hall–Kier alpha value is -2.78. The molecule has 0 aliphatic carbocycles. The quantitative estimate of drug-likeness (QED) is 0.217. The smallest absolute Gasteiger partial charge is 0.337 e. The van der Waals surface area contributed by atoms with Gasteiger partial charge in [-0.3, -0.25) is 9.69 Å². The number of esters is 1. The molecule has 1 heterocycles. The molecule has 0 aromatic heterocycles. The van der Waals surface area contributed by atoms with Crippen LogP contribution in [-0.2, 0) is 16.1 Å². The number of ether oxygens (including phenoxy) is 2. The van der Waals surface area contributed by atoms with Crippen molar-refractivity contribution in [2.45, 2.75) is 6.61 Å². The van der Waals surface area contributed by atoms with E-state index in [1.165, 1.54) is 23.8 Å². The van der Waals surface area contributed by atoms with Gasteiger partial charge in [-0.05, 0) is 87.4 Å². The van der Waals surface area contributed by atoms with Crippen molar-refractivity contribution in [3.8, 4) is 5.75 Å². The minimum atomic E-state index is -0.448. The number of carbonyl (C=O) groups is 2. The number of likely N-dealkylation sites (N-methyl/N-ethyl adjacent to an activating group) is 1. The second kappa shape index (κ2) is 11.5. The highest BCUT2D eigenvalue weighted by molar-refractivity contribution is 9.10. The normalized spacial score (nSPS) is 15.6. The highest BCUT2D eigenvalue weighted by atomic mass is 79.9. The summed E-state index contributed by atoms with van der Waals surface area (Å²) in [6, 6.07) is 17.7. The lowest BCUT2D eigenvalue weighted by atomic mass is 10.2. The van der Waals surface area contributed by atoms with E-state index in [1.807, 2.05) is 24.3 Å². The first kappa shape index (κ1) is 26.3. The maximum absolute atomic E-state index is 12.8. The number of amidine groups is 1. The van der Waals surface area contributed by atoms with E-state index < -0.39 is 5.97 Å². The number of halogens is 3. The molecule has 10 heteroatoms. The van der Waals surface area contributed by atoms with Gasteiger partial charge in [0.2, 0.25) is 0 Å². The summed E-state index contributed by atoms with van der Waals surface area (Å²) < 4.78 is 11.4. The second-order valence-electron chi connectivity index (χ2n) is 7.64. The third-order valence-electron chi connectivity index (χ3n) is 5.13. The van der Waals surface area contributed by atoms with Crippen LogP contribution in [0.25, 0.3) is 6.08 Å². The fraction of sp³-hybridized carbons (Fsp3) is 0.115. The van der Waals surface area contributed by atoms with Crippen LogP contribution >= 0.6 is 50.9 Å². The standard InChI is InChI=1S/C26H19BrCl2N2O4S/c1-31-24(32)23(36-26(31)30-18-5-3-4-17(13-18)25(33)34-2)12-15-7-9-22(19(27)10-15)35-14-16-6-8-20(28)21(29)11-16/h3-13H,14H2,1-2H3. The number of nitrogens with zero attached hydrogens (tertiary/aromatic N) is 2. The van der Waals surface area contributed by atoms with Gasteiger partial charge in [-0.1, -0.05) is 41.4 Å². The molecule has 36 heavy (non-hydrogen) atoms. The van der Waals surface area contributed by atoms with E-state index in [9.17, 15) is 9.59 Å². The number of aliphatic imine (C=N–C) groups is 1. The number of methoxy groups -OCH3 is 1. The molecule has 0 bridgehead atoms. The van der Waals surface area contributed by atoms with E-state index >= 15 is 0 Å². The molecule has 4 rings (SSSR count). The number of amides is 1. The van der Waals surface area contributed by atoms with Gasteiger partial charge in [-0.15, -0.1) is 0 Å². The van der Waals surface area contributed by atoms with Crippen LogP contribution in [0.15, 0.2) is 75.0 Å². The Bertz CT molecular complexity index is 1410. The number of rotatable bonds is 6. The van der Waals surface area contributed by atoms with Crippen LogP contribution in [0.1, 0.15) is 21.5 Å². The average molecular weight is 606 g/mol. The summed E-state index contributed by atoms with van der Waals surface area (Å²) in [5, 5.41) is 1.47. The molecule has 1 fully saturated rings. The van der Waals surface area contributed by atoms with Gasteiger partial charge in [-0.25, -0.2) is 9.79 Å². The zero-order chi connectivity index (χ0) is 25.8. The molecule has 0 N–H and O–H groups in total. The Balaban J connectivity index is 1.49. The molecule has 6 nitrogen and oxygen atoms in total. The molecule has 0 radical (unpaired) electrons. The van der Waals surface area contributed by atoms with Crippen molar-refractivity contribution >= 4 is 79.7 Å².